The number of nitrogens with zero attached hydrogens (tertiary/aromatic N) is 5. The van der Waals surface area contributed by atoms with Gasteiger partial charge in [-0.25, -0.2) is 4.39 Å². The Labute approximate surface area is 198 Å². The van der Waals surface area contributed by atoms with E-state index in [0.29, 0.717) is 40.4 Å². The standard InChI is InChI=1S/C23H21FN6O3S/c1-3-30-22(17-11-29(2)28-21(17)14-4-6-15(24)7-5-14)26-27-23(30)34-12-20(31)25-16-8-9-18-19(10-16)33-13-32-18/h4-11H,3,12-13H2,1-2H3,(H,25,31). The summed E-state index contributed by atoms with van der Waals surface area (Å²) in [6.45, 7) is 2.77. The van der Waals surface area contributed by atoms with E-state index in [0.717, 1.165) is 11.1 Å². The predicted octanol–water partition coefficient (Wildman–Crippen LogP) is 3.96. The van der Waals surface area contributed by atoms with Crippen LogP contribution in [0.25, 0.3) is 22.6 Å². The average Bonchev–Trinajstić information content (AvgIpc) is 3.55. The van der Waals surface area contributed by atoms with Crippen LogP contribution in [0.5, 0.6) is 11.5 Å². The molecule has 34 heavy (non-hydrogen) atoms. The minimum Gasteiger partial charge on any atom is -0.454 e. The van der Waals surface area contributed by atoms with Gasteiger partial charge in [-0.05, 0) is 43.3 Å². The Morgan fingerprint density at radius 1 is 1.15 bits per heavy atom. The minimum absolute atomic E-state index is 0.157. The van der Waals surface area contributed by atoms with Crippen LogP contribution >= 0.6 is 11.8 Å². The Bertz CT molecular complexity index is 1350. The zero-order valence-electron chi connectivity index (χ0n) is 18.5. The van der Waals surface area contributed by atoms with Gasteiger partial charge in [0.05, 0.1) is 11.3 Å². The third kappa shape index (κ3) is 4.34. The van der Waals surface area contributed by atoms with Gasteiger partial charge in [-0.15, -0.1) is 10.2 Å². The van der Waals surface area contributed by atoms with E-state index in [1.54, 1.807) is 35.0 Å². The van der Waals surface area contributed by atoms with E-state index in [1.165, 1.54) is 23.9 Å². The molecule has 174 valence electrons. The highest BCUT2D eigenvalue weighted by Crippen LogP contribution is 2.35. The van der Waals surface area contributed by atoms with Crippen molar-refractivity contribution in [2.75, 3.05) is 17.9 Å². The second kappa shape index (κ2) is 9.18. The van der Waals surface area contributed by atoms with E-state index in [2.05, 4.69) is 20.6 Å². The molecule has 2 aromatic heterocycles. The van der Waals surface area contributed by atoms with Crippen LogP contribution in [0.15, 0.2) is 53.8 Å². The number of rotatable bonds is 7. The molecule has 0 saturated carbocycles. The number of fused-ring (bicyclic) bond motifs is 1. The molecule has 0 fully saturated rings. The molecule has 0 spiro atoms. The first-order valence-electron chi connectivity index (χ1n) is 10.6. The number of ether oxygens (including phenoxy) is 2. The molecule has 1 amide bonds. The zero-order chi connectivity index (χ0) is 23.7. The molecule has 5 rings (SSSR count). The Hall–Kier alpha value is -3.86. The first-order chi connectivity index (χ1) is 16.5. The highest BCUT2D eigenvalue weighted by molar-refractivity contribution is 7.99. The fourth-order valence-corrected chi connectivity index (χ4v) is 4.46. The van der Waals surface area contributed by atoms with Crippen LogP contribution in [0, 0.1) is 5.82 Å². The van der Waals surface area contributed by atoms with Crippen molar-refractivity contribution in [1.82, 2.24) is 24.5 Å². The third-order valence-electron chi connectivity index (χ3n) is 5.21. The Morgan fingerprint density at radius 3 is 2.74 bits per heavy atom. The fourth-order valence-electron chi connectivity index (χ4n) is 3.65. The number of aromatic nitrogens is 5. The number of carbonyl (C=O) groups excluding carboxylic acids is 1. The molecule has 0 atom stereocenters. The largest absolute Gasteiger partial charge is 0.454 e. The van der Waals surface area contributed by atoms with E-state index in [-0.39, 0.29) is 24.3 Å². The molecule has 0 aliphatic carbocycles. The number of benzene rings is 2. The molecule has 11 heteroatoms. The molecule has 0 radical (unpaired) electrons. The molecule has 0 unspecified atom stereocenters. The lowest BCUT2D eigenvalue weighted by Gasteiger charge is -2.08. The van der Waals surface area contributed by atoms with Crippen molar-refractivity contribution in [2.45, 2.75) is 18.6 Å². The van der Waals surface area contributed by atoms with Gasteiger partial charge in [-0.1, -0.05) is 11.8 Å². The fraction of sp³-hybridized carbons (Fsp3) is 0.217. The number of carbonyl (C=O) groups is 1. The van der Waals surface area contributed by atoms with Crippen molar-refractivity contribution < 1.29 is 18.7 Å². The van der Waals surface area contributed by atoms with Crippen LogP contribution in [-0.4, -0.2) is 43.0 Å². The molecule has 9 nitrogen and oxygen atoms in total. The highest BCUT2D eigenvalue weighted by Gasteiger charge is 2.21. The Kier molecular flexibility index (Phi) is 5.93. The lowest BCUT2D eigenvalue weighted by atomic mass is 10.1. The summed E-state index contributed by atoms with van der Waals surface area (Å²) in [5.41, 5.74) is 2.87. The molecule has 1 aliphatic heterocycles. The molecule has 4 aromatic rings. The number of anilines is 1. The summed E-state index contributed by atoms with van der Waals surface area (Å²) in [6.07, 6.45) is 1.86. The molecule has 0 saturated heterocycles. The minimum atomic E-state index is -0.310. The number of aryl methyl sites for hydroxylation is 1. The first kappa shape index (κ1) is 22.0. The summed E-state index contributed by atoms with van der Waals surface area (Å²) in [4.78, 5) is 12.5. The summed E-state index contributed by atoms with van der Waals surface area (Å²) in [5.74, 6) is 1.57. The summed E-state index contributed by atoms with van der Waals surface area (Å²) >= 11 is 1.29. The van der Waals surface area contributed by atoms with Crippen molar-refractivity contribution >= 4 is 23.4 Å². The second-order valence-corrected chi connectivity index (χ2v) is 8.47. The van der Waals surface area contributed by atoms with Gasteiger partial charge in [0.25, 0.3) is 0 Å². The summed E-state index contributed by atoms with van der Waals surface area (Å²) in [6, 6.07) is 11.4. The van der Waals surface area contributed by atoms with Crippen LogP contribution in [0.2, 0.25) is 0 Å². The number of hydrogen-bond acceptors (Lipinski definition) is 7. The van der Waals surface area contributed by atoms with Gasteiger partial charge < -0.3 is 19.4 Å². The number of nitrogens with one attached hydrogen (secondary N) is 1. The molecule has 1 N–H and O–H groups in total. The summed E-state index contributed by atoms with van der Waals surface area (Å²) in [5, 5.41) is 16.7. The van der Waals surface area contributed by atoms with Gasteiger partial charge in [0.1, 0.15) is 11.5 Å². The number of hydrogen-bond donors (Lipinski definition) is 1. The van der Waals surface area contributed by atoms with Crippen LogP contribution in [0.3, 0.4) is 0 Å². The van der Waals surface area contributed by atoms with Crippen molar-refractivity contribution in [3.63, 3.8) is 0 Å². The number of thioether (sulfide) groups is 1. The Balaban J connectivity index is 1.33. The average molecular weight is 481 g/mol. The molecule has 0 bridgehead atoms. The van der Waals surface area contributed by atoms with Crippen LogP contribution in [0.4, 0.5) is 10.1 Å². The van der Waals surface area contributed by atoms with E-state index in [1.807, 2.05) is 24.7 Å². The van der Waals surface area contributed by atoms with Crippen molar-refractivity contribution in [3.05, 3.63) is 54.5 Å². The number of halogens is 1. The first-order valence-corrected chi connectivity index (χ1v) is 11.6. The maximum Gasteiger partial charge on any atom is 0.234 e. The quantitative estimate of drug-likeness (QED) is 0.400. The maximum absolute atomic E-state index is 13.4. The maximum atomic E-state index is 13.4. The Morgan fingerprint density at radius 2 is 1.94 bits per heavy atom. The lowest BCUT2D eigenvalue weighted by Crippen LogP contribution is -2.14. The smallest absolute Gasteiger partial charge is 0.234 e. The van der Waals surface area contributed by atoms with Gasteiger partial charge in [0.15, 0.2) is 22.5 Å². The van der Waals surface area contributed by atoms with E-state index in [4.69, 9.17) is 9.47 Å². The predicted molar refractivity (Wildman–Crippen MR) is 125 cm³/mol. The molecular weight excluding hydrogens is 459 g/mol. The van der Waals surface area contributed by atoms with Crippen LogP contribution < -0.4 is 14.8 Å². The monoisotopic (exact) mass is 480 g/mol. The molecule has 3 heterocycles. The van der Waals surface area contributed by atoms with Gasteiger partial charge in [-0.3, -0.25) is 9.48 Å². The lowest BCUT2D eigenvalue weighted by molar-refractivity contribution is -0.113. The zero-order valence-corrected chi connectivity index (χ0v) is 19.3. The molecule has 2 aromatic carbocycles. The topological polar surface area (TPSA) is 96.1 Å². The normalized spacial score (nSPS) is 12.2. The third-order valence-corrected chi connectivity index (χ3v) is 6.18. The van der Waals surface area contributed by atoms with Gasteiger partial charge in [0.2, 0.25) is 12.7 Å². The van der Waals surface area contributed by atoms with Crippen molar-refractivity contribution in [2.24, 2.45) is 7.05 Å². The molecular formula is C23H21FN6O3S. The van der Waals surface area contributed by atoms with Crippen molar-refractivity contribution in [1.29, 1.82) is 0 Å². The summed E-state index contributed by atoms with van der Waals surface area (Å²) in [7, 11) is 1.82. The van der Waals surface area contributed by atoms with Crippen LogP contribution in [0.1, 0.15) is 6.92 Å². The molecule has 1 aliphatic rings. The van der Waals surface area contributed by atoms with E-state index < -0.39 is 0 Å². The van der Waals surface area contributed by atoms with Gasteiger partial charge in [-0.2, -0.15) is 5.10 Å². The highest BCUT2D eigenvalue weighted by atomic mass is 32.2. The van der Waals surface area contributed by atoms with E-state index >= 15 is 0 Å². The number of amides is 1. The summed E-state index contributed by atoms with van der Waals surface area (Å²) < 4.78 is 27.7. The van der Waals surface area contributed by atoms with Crippen LogP contribution in [-0.2, 0) is 18.4 Å². The SMILES string of the molecule is CCn1c(SCC(=O)Nc2ccc3c(c2)OCO3)nnc1-c1cn(C)nc1-c1ccc(F)cc1. The second-order valence-electron chi connectivity index (χ2n) is 7.53. The van der Waals surface area contributed by atoms with Gasteiger partial charge >= 0.3 is 0 Å². The van der Waals surface area contributed by atoms with Crippen molar-refractivity contribution in [3.8, 4) is 34.1 Å². The van der Waals surface area contributed by atoms with E-state index in [9.17, 15) is 9.18 Å². The van der Waals surface area contributed by atoms with Gasteiger partial charge in [0, 0.05) is 37.1 Å².